The first kappa shape index (κ1) is 13.2. The van der Waals surface area contributed by atoms with Crippen molar-refractivity contribution in [3.8, 4) is 0 Å². The van der Waals surface area contributed by atoms with Crippen LogP contribution in [0.15, 0.2) is 18.2 Å². The Morgan fingerprint density at radius 1 is 1.18 bits per heavy atom. The molecule has 0 fully saturated rings. The summed E-state index contributed by atoms with van der Waals surface area (Å²) >= 11 is 0. The van der Waals surface area contributed by atoms with Gasteiger partial charge in [-0.3, -0.25) is 0 Å². The molecule has 1 rings (SSSR count). The predicted molar refractivity (Wildman–Crippen MR) is 63.5 cm³/mol. The van der Waals surface area contributed by atoms with Crippen molar-refractivity contribution in [3.63, 3.8) is 0 Å². The summed E-state index contributed by atoms with van der Waals surface area (Å²) in [7, 11) is 0. The lowest BCUT2D eigenvalue weighted by atomic mass is 9.91. The van der Waals surface area contributed by atoms with Gasteiger partial charge in [-0.05, 0) is 30.0 Å². The van der Waals surface area contributed by atoms with Gasteiger partial charge in [-0.25, -0.2) is 9.59 Å². The number of carbonyl (C=O) groups is 2. The third-order valence-corrected chi connectivity index (χ3v) is 2.89. The second-order valence-electron chi connectivity index (χ2n) is 4.16. The van der Waals surface area contributed by atoms with Crippen molar-refractivity contribution in [2.75, 3.05) is 0 Å². The molecule has 0 aliphatic heterocycles. The highest BCUT2D eigenvalue weighted by molar-refractivity contribution is 5.96. The lowest BCUT2D eigenvalue weighted by Crippen LogP contribution is -2.12. The van der Waals surface area contributed by atoms with Crippen molar-refractivity contribution >= 4 is 11.9 Å². The molecule has 4 nitrogen and oxygen atoms in total. The summed E-state index contributed by atoms with van der Waals surface area (Å²) in [5.74, 6) is -1.90. The molecule has 0 radical (unpaired) electrons. The third kappa shape index (κ3) is 3.06. The molecule has 0 aliphatic carbocycles. The standard InChI is InChI=1S/C13H16O4/c1-3-8(2)7-11-9(12(14)15)5-4-6-10(11)13(16)17/h4-6,8H,3,7H2,1-2H3,(H,14,15)(H,16,17). The van der Waals surface area contributed by atoms with E-state index in [0.717, 1.165) is 6.42 Å². The zero-order valence-corrected chi connectivity index (χ0v) is 9.93. The van der Waals surface area contributed by atoms with Crippen LogP contribution >= 0.6 is 0 Å². The number of benzene rings is 1. The van der Waals surface area contributed by atoms with Gasteiger partial charge in [-0.15, -0.1) is 0 Å². The first-order valence-corrected chi connectivity index (χ1v) is 5.55. The summed E-state index contributed by atoms with van der Waals surface area (Å²) in [6.07, 6.45) is 1.35. The minimum atomic E-state index is -1.08. The third-order valence-electron chi connectivity index (χ3n) is 2.89. The molecule has 92 valence electrons. The van der Waals surface area contributed by atoms with Gasteiger partial charge in [0.1, 0.15) is 0 Å². The second-order valence-corrected chi connectivity index (χ2v) is 4.16. The van der Waals surface area contributed by atoms with Gasteiger partial charge in [0.25, 0.3) is 0 Å². The van der Waals surface area contributed by atoms with Crippen LogP contribution in [-0.4, -0.2) is 22.2 Å². The molecule has 1 aromatic carbocycles. The Hall–Kier alpha value is -1.84. The molecule has 0 heterocycles. The number of aromatic carboxylic acids is 2. The lowest BCUT2D eigenvalue weighted by molar-refractivity contribution is 0.0695. The Balaban J connectivity index is 3.28. The first-order valence-electron chi connectivity index (χ1n) is 5.55. The first-order chi connectivity index (χ1) is 7.97. The highest BCUT2D eigenvalue weighted by Gasteiger charge is 2.19. The zero-order valence-electron chi connectivity index (χ0n) is 9.93. The number of carboxylic acids is 2. The van der Waals surface area contributed by atoms with Crippen LogP contribution in [0.4, 0.5) is 0 Å². The Kier molecular flexibility index (Phi) is 4.26. The average Bonchev–Trinajstić information content (AvgIpc) is 2.28. The maximum absolute atomic E-state index is 11.1. The highest BCUT2D eigenvalue weighted by atomic mass is 16.4. The fourth-order valence-electron chi connectivity index (χ4n) is 1.70. The van der Waals surface area contributed by atoms with Gasteiger partial charge in [-0.2, -0.15) is 0 Å². The van der Waals surface area contributed by atoms with Gasteiger partial charge < -0.3 is 10.2 Å². The van der Waals surface area contributed by atoms with Crippen molar-refractivity contribution in [1.29, 1.82) is 0 Å². The molecule has 1 atom stereocenters. The fraction of sp³-hybridized carbons (Fsp3) is 0.385. The molecule has 17 heavy (non-hydrogen) atoms. The van der Waals surface area contributed by atoms with Crippen molar-refractivity contribution in [1.82, 2.24) is 0 Å². The highest BCUT2D eigenvalue weighted by Crippen LogP contribution is 2.20. The summed E-state index contributed by atoms with van der Waals surface area (Å²) in [6, 6.07) is 4.37. The van der Waals surface area contributed by atoms with Gasteiger partial charge in [0, 0.05) is 0 Å². The Bertz CT molecular complexity index is 405. The molecular weight excluding hydrogens is 220 g/mol. The van der Waals surface area contributed by atoms with Gasteiger partial charge in [-0.1, -0.05) is 26.3 Å². The monoisotopic (exact) mass is 236 g/mol. The number of carboxylic acid groups (broad SMARTS) is 2. The summed E-state index contributed by atoms with van der Waals surface area (Å²) in [4.78, 5) is 22.1. The summed E-state index contributed by atoms with van der Waals surface area (Å²) in [5, 5.41) is 18.1. The molecule has 0 bridgehead atoms. The fourth-order valence-corrected chi connectivity index (χ4v) is 1.70. The maximum atomic E-state index is 11.1. The molecule has 0 amide bonds. The van der Waals surface area contributed by atoms with Crippen LogP contribution in [0.5, 0.6) is 0 Å². The van der Waals surface area contributed by atoms with E-state index in [1.807, 2.05) is 13.8 Å². The van der Waals surface area contributed by atoms with E-state index in [-0.39, 0.29) is 17.0 Å². The second kappa shape index (κ2) is 5.48. The Morgan fingerprint density at radius 2 is 1.65 bits per heavy atom. The molecule has 0 saturated heterocycles. The molecule has 0 saturated carbocycles. The van der Waals surface area contributed by atoms with Crippen LogP contribution in [-0.2, 0) is 6.42 Å². The van der Waals surface area contributed by atoms with E-state index in [2.05, 4.69) is 0 Å². The van der Waals surface area contributed by atoms with Gasteiger partial charge in [0.2, 0.25) is 0 Å². The summed E-state index contributed by atoms with van der Waals surface area (Å²) < 4.78 is 0. The van der Waals surface area contributed by atoms with Crippen LogP contribution in [0.25, 0.3) is 0 Å². The summed E-state index contributed by atoms with van der Waals surface area (Å²) in [5.41, 5.74) is 0.595. The molecule has 1 aromatic rings. The maximum Gasteiger partial charge on any atom is 0.335 e. The zero-order chi connectivity index (χ0) is 13.0. The molecule has 1 unspecified atom stereocenters. The van der Waals surface area contributed by atoms with E-state index in [4.69, 9.17) is 10.2 Å². The van der Waals surface area contributed by atoms with Crippen LogP contribution in [0.3, 0.4) is 0 Å². The van der Waals surface area contributed by atoms with Gasteiger partial charge in [0.05, 0.1) is 11.1 Å². The SMILES string of the molecule is CCC(C)Cc1c(C(=O)O)cccc1C(=O)O. The van der Waals surface area contributed by atoms with Crippen molar-refractivity contribution < 1.29 is 19.8 Å². The lowest BCUT2D eigenvalue weighted by Gasteiger charge is -2.13. The number of hydrogen-bond donors (Lipinski definition) is 2. The van der Waals surface area contributed by atoms with E-state index in [1.165, 1.54) is 18.2 Å². The molecule has 4 heteroatoms. The minimum Gasteiger partial charge on any atom is -0.478 e. The van der Waals surface area contributed by atoms with Crippen LogP contribution < -0.4 is 0 Å². The predicted octanol–water partition coefficient (Wildman–Crippen LogP) is 2.67. The molecule has 2 N–H and O–H groups in total. The molecule has 0 spiro atoms. The topological polar surface area (TPSA) is 74.6 Å². The van der Waals surface area contributed by atoms with E-state index < -0.39 is 11.9 Å². The molecule has 0 aliphatic rings. The van der Waals surface area contributed by atoms with Crippen LogP contribution in [0, 0.1) is 5.92 Å². The van der Waals surface area contributed by atoms with Crippen molar-refractivity contribution in [3.05, 3.63) is 34.9 Å². The quantitative estimate of drug-likeness (QED) is 0.824. The van der Waals surface area contributed by atoms with E-state index in [1.54, 1.807) is 0 Å². The van der Waals surface area contributed by atoms with Crippen LogP contribution in [0.2, 0.25) is 0 Å². The minimum absolute atomic E-state index is 0.0881. The van der Waals surface area contributed by atoms with E-state index in [9.17, 15) is 9.59 Å². The summed E-state index contributed by atoms with van der Waals surface area (Å²) in [6.45, 7) is 3.97. The van der Waals surface area contributed by atoms with Crippen molar-refractivity contribution in [2.24, 2.45) is 5.92 Å². The number of hydrogen-bond acceptors (Lipinski definition) is 2. The smallest absolute Gasteiger partial charge is 0.335 e. The molecular formula is C13H16O4. The van der Waals surface area contributed by atoms with Gasteiger partial charge in [0.15, 0.2) is 0 Å². The van der Waals surface area contributed by atoms with E-state index >= 15 is 0 Å². The van der Waals surface area contributed by atoms with Crippen molar-refractivity contribution in [2.45, 2.75) is 26.7 Å². The molecule has 0 aromatic heterocycles. The van der Waals surface area contributed by atoms with E-state index in [0.29, 0.717) is 12.0 Å². The Labute approximate surface area is 99.9 Å². The normalized spacial score (nSPS) is 12.1. The van der Waals surface area contributed by atoms with Gasteiger partial charge >= 0.3 is 11.9 Å². The largest absolute Gasteiger partial charge is 0.478 e. The Morgan fingerprint density at radius 3 is 2.00 bits per heavy atom. The number of rotatable bonds is 5. The van der Waals surface area contributed by atoms with Crippen LogP contribution in [0.1, 0.15) is 46.5 Å². The average molecular weight is 236 g/mol.